The van der Waals surface area contributed by atoms with E-state index in [4.69, 9.17) is 22.0 Å². The van der Waals surface area contributed by atoms with Crippen molar-refractivity contribution in [1.82, 2.24) is 0 Å². The van der Waals surface area contributed by atoms with Gasteiger partial charge in [0.15, 0.2) is 0 Å². The number of halogens is 4. The number of alkyl halides is 3. The van der Waals surface area contributed by atoms with Crippen LogP contribution in [0.1, 0.15) is 16.7 Å². The van der Waals surface area contributed by atoms with Gasteiger partial charge >= 0.3 is 12.1 Å². The molecular formula is C10H5ClF3NO2. The smallest absolute Gasteiger partial charge is 0.417 e. The second-order valence-electron chi connectivity index (χ2n) is 3.19. The Kier molecular flexibility index (Phi) is 3.63. The quantitative estimate of drug-likeness (QED) is 0.892. The van der Waals surface area contributed by atoms with E-state index < -0.39 is 34.7 Å². The molecule has 0 spiro atoms. The summed E-state index contributed by atoms with van der Waals surface area (Å²) in [5.41, 5.74) is -1.71. The van der Waals surface area contributed by atoms with Crippen molar-refractivity contribution in [2.24, 2.45) is 0 Å². The van der Waals surface area contributed by atoms with Crippen molar-refractivity contribution in [3.63, 3.8) is 0 Å². The van der Waals surface area contributed by atoms with Crippen molar-refractivity contribution in [1.29, 1.82) is 5.26 Å². The van der Waals surface area contributed by atoms with E-state index >= 15 is 0 Å². The van der Waals surface area contributed by atoms with Gasteiger partial charge in [0.1, 0.15) is 6.07 Å². The standard InChI is InChI=1S/C10H5ClF3NO2/c11-9-6(4-15)1-5(3-8(16)17)2-7(9)10(12,13)14/h1-2H,3H2,(H,16,17). The normalized spacial score (nSPS) is 11.0. The topological polar surface area (TPSA) is 61.1 Å². The predicted molar refractivity (Wildman–Crippen MR) is 52.5 cm³/mol. The molecule has 0 radical (unpaired) electrons. The Balaban J connectivity index is 3.40. The van der Waals surface area contributed by atoms with E-state index in [-0.39, 0.29) is 5.56 Å². The molecular weight excluding hydrogens is 259 g/mol. The highest BCUT2D eigenvalue weighted by molar-refractivity contribution is 6.32. The van der Waals surface area contributed by atoms with Gasteiger partial charge in [0.25, 0.3) is 0 Å². The largest absolute Gasteiger partial charge is 0.481 e. The number of hydrogen-bond donors (Lipinski definition) is 1. The average Bonchev–Trinajstić information content (AvgIpc) is 2.17. The summed E-state index contributed by atoms with van der Waals surface area (Å²) in [6.45, 7) is 0. The lowest BCUT2D eigenvalue weighted by molar-refractivity contribution is -0.138. The van der Waals surface area contributed by atoms with Crippen LogP contribution >= 0.6 is 11.6 Å². The molecule has 0 amide bonds. The van der Waals surface area contributed by atoms with E-state index in [0.717, 1.165) is 6.07 Å². The summed E-state index contributed by atoms with van der Waals surface area (Å²) >= 11 is 5.41. The lowest BCUT2D eigenvalue weighted by Gasteiger charge is -2.11. The number of nitriles is 1. The fraction of sp³-hybridized carbons (Fsp3) is 0.200. The third kappa shape index (κ3) is 3.11. The minimum absolute atomic E-state index is 0.120. The zero-order valence-corrected chi connectivity index (χ0v) is 8.93. The van der Waals surface area contributed by atoms with Crippen LogP contribution < -0.4 is 0 Å². The summed E-state index contributed by atoms with van der Waals surface area (Å²) in [6, 6.07) is 3.17. The maximum atomic E-state index is 12.5. The first-order chi connectivity index (χ1) is 7.75. The third-order valence-corrected chi connectivity index (χ3v) is 2.32. The molecule has 0 aliphatic carbocycles. The number of hydrogen-bond acceptors (Lipinski definition) is 2. The Labute approximate surface area is 99.0 Å². The molecule has 1 N–H and O–H groups in total. The van der Waals surface area contributed by atoms with Crippen LogP contribution in [0, 0.1) is 11.3 Å². The first-order valence-corrected chi connectivity index (χ1v) is 4.65. The van der Waals surface area contributed by atoms with Crippen molar-refractivity contribution in [2.45, 2.75) is 12.6 Å². The molecule has 1 aromatic carbocycles. The summed E-state index contributed by atoms with van der Waals surface area (Å²) in [5, 5.41) is 16.4. The predicted octanol–water partition coefficient (Wildman–Crippen LogP) is 2.86. The lowest BCUT2D eigenvalue weighted by Crippen LogP contribution is -2.09. The molecule has 0 fully saturated rings. The fourth-order valence-corrected chi connectivity index (χ4v) is 1.51. The molecule has 0 saturated carbocycles. The Bertz CT molecular complexity index is 505. The van der Waals surface area contributed by atoms with E-state index in [1.807, 2.05) is 0 Å². The first-order valence-electron chi connectivity index (χ1n) is 4.27. The molecule has 0 aromatic heterocycles. The number of carboxylic acids is 1. The minimum Gasteiger partial charge on any atom is -0.481 e. The second-order valence-corrected chi connectivity index (χ2v) is 3.56. The van der Waals surface area contributed by atoms with Gasteiger partial charge in [0.05, 0.1) is 22.6 Å². The van der Waals surface area contributed by atoms with Crippen LogP contribution in [0.2, 0.25) is 5.02 Å². The lowest BCUT2D eigenvalue weighted by atomic mass is 10.0. The zero-order valence-electron chi connectivity index (χ0n) is 8.18. The highest BCUT2D eigenvalue weighted by Gasteiger charge is 2.34. The summed E-state index contributed by atoms with van der Waals surface area (Å²) in [4.78, 5) is 10.4. The summed E-state index contributed by atoms with van der Waals surface area (Å²) in [7, 11) is 0. The molecule has 0 heterocycles. The summed E-state index contributed by atoms with van der Waals surface area (Å²) in [6.07, 6.45) is -5.33. The molecule has 90 valence electrons. The molecule has 0 aliphatic heterocycles. The molecule has 0 unspecified atom stereocenters. The van der Waals surface area contributed by atoms with Gasteiger partial charge in [-0.15, -0.1) is 0 Å². The molecule has 1 aromatic rings. The van der Waals surface area contributed by atoms with Crippen molar-refractivity contribution in [3.05, 3.63) is 33.8 Å². The number of carbonyl (C=O) groups is 1. The highest BCUT2D eigenvalue weighted by Crippen LogP contribution is 2.37. The van der Waals surface area contributed by atoms with Gasteiger partial charge in [0.2, 0.25) is 0 Å². The number of aliphatic carboxylic acids is 1. The SMILES string of the molecule is N#Cc1cc(CC(=O)O)cc(C(F)(F)F)c1Cl. The molecule has 0 atom stereocenters. The van der Waals surface area contributed by atoms with Gasteiger partial charge in [-0.05, 0) is 17.7 Å². The van der Waals surface area contributed by atoms with E-state index in [1.165, 1.54) is 6.07 Å². The number of rotatable bonds is 2. The molecule has 0 bridgehead atoms. The highest BCUT2D eigenvalue weighted by atomic mass is 35.5. The Morgan fingerprint density at radius 2 is 2.06 bits per heavy atom. The van der Waals surface area contributed by atoms with Gasteiger partial charge < -0.3 is 5.11 Å². The molecule has 1 rings (SSSR count). The monoisotopic (exact) mass is 263 g/mol. The molecule has 7 heteroatoms. The molecule has 3 nitrogen and oxygen atoms in total. The third-order valence-electron chi connectivity index (χ3n) is 1.91. The minimum atomic E-state index is -4.73. The van der Waals surface area contributed by atoms with Crippen LogP contribution in [0.3, 0.4) is 0 Å². The number of benzene rings is 1. The molecule has 0 saturated heterocycles. The van der Waals surface area contributed by atoms with Crippen LogP contribution in [0.15, 0.2) is 12.1 Å². The van der Waals surface area contributed by atoms with E-state index in [1.54, 1.807) is 0 Å². The van der Waals surface area contributed by atoms with Crippen LogP contribution in [0.5, 0.6) is 0 Å². The maximum Gasteiger partial charge on any atom is 0.417 e. The maximum absolute atomic E-state index is 12.5. The Morgan fingerprint density at radius 3 is 2.47 bits per heavy atom. The van der Waals surface area contributed by atoms with Crippen molar-refractivity contribution < 1.29 is 23.1 Å². The summed E-state index contributed by atoms with van der Waals surface area (Å²) < 4.78 is 37.6. The van der Waals surface area contributed by atoms with Crippen LogP contribution in [0.4, 0.5) is 13.2 Å². The average molecular weight is 264 g/mol. The van der Waals surface area contributed by atoms with Crippen LogP contribution in [-0.2, 0) is 17.4 Å². The van der Waals surface area contributed by atoms with Gasteiger partial charge in [0, 0.05) is 0 Å². The van der Waals surface area contributed by atoms with Gasteiger partial charge in [-0.25, -0.2) is 0 Å². The second kappa shape index (κ2) is 4.63. The Hall–Kier alpha value is -1.74. The number of carboxylic acid groups (broad SMARTS) is 1. The summed E-state index contributed by atoms with van der Waals surface area (Å²) in [5.74, 6) is -1.29. The van der Waals surface area contributed by atoms with Crippen LogP contribution in [-0.4, -0.2) is 11.1 Å². The van der Waals surface area contributed by atoms with Crippen molar-refractivity contribution in [3.8, 4) is 6.07 Å². The van der Waals surface area contributed by atoms with E-state index in [9.17, 15) is 18.0 Å². The van der Waals surface area contributed by atoms with Crippen molar-refractivity contribution >= 4 is 17.6 Å². The van der Waals surface area contributed by atoms with Crippen LogP contribution in [0.25, 0.3) is 0 Å². The van der Waals surface area contributed by atoms with Crippen molar-refractivity contribution in [2.75, 3.05) is 0 Å². The van der Waals surface area contributed by atoms with E-state index in [0.29, 0.717) is 6.07 Å². The zero-order chi connectivity index (χ0) is 13.2. The molecule has 17 heavy (non-hydrogen) atoms. The Morgan fingerprint density at radius 1 is 1.47 bits per heavy atom. The van der Waals surface area contributed by atoms with E-state index in [2.05, 4.69) is 0 Å². The fourth-order valence-electron chi connectivity index (χ4n) is 1.25. The first kappa shape index (κ1) is 13.3. The van der Waals surface area contributed by atoms with Gasteiger partial charge in [-0.3, -0.25) is 4.79 Å². The molecule has 0 aliphatic rings. The number of nitrogens with zero attached hydrogens (tertiary/aromatic N) is 1. The van der Waals surface area contributed by atoms with Gasteiger partial charge in [-0.1, -0.05) is 11.6 Å². The van der Waals surface area contributed by atoms with Gasteiger partial charge in [-0.2, -0.15) is 18.4 Å².